The number of rotatable bonds is 2. The van der Waals surface area contributed by atoms with Crippen LogP contribution >= 0.6 is 0 Å². The van der Waals surface area contributed by atoms with Gasteiger partial charge in [0.1, 0.15) is 5.52 Å². The summed E-state index contributed by atoms with van der Waals surface area (Å²) in [6.07, 6.45) is 0. The van der Waals surface area contributed by atoms with Gasteiger partial charge in [0.05, 0.1) is 16.8 Å². The average molecular weight is 253 g/mol. The van der Waals surface area contributed by atoms with Crippen molar-refractivity contribution < 1.29 is 9.90 Å². The zero-order valence-corrected chi connectivity index (χ0v) is 10.2. The number of carboxylic acids is 1. The van der Waals surface area contributed by atoms with Crippen molar-refractivity contribution in [2.24, 2.45) is 0 Å². The molecule has 0 aliphatic heterocycles. The lowest BCUT2D eigenvalue weighted by Crippen LogP contribution is -1.98. The summed E-state index contributed by atoms with van der Waals surface area (Å²) in [5, 5.41) is 17.0. The predicted molar refractivity (Wildman–Crippen MR) is 70.6 cm³/mol. The number of nitrogens with zero attached hydrogens (tertiary/aromatic N) is 3. The first-order valence-corrected chi connectivity index (χ1v) is 5.81. The molecule has 0 spiro atoms. The summed E-state index contributed by atoms with van der Waals surface area (Å²) in [7, 11) is 0. The van der Waals surface area contributed by atoms with Crippen LogP contribution in [0.5, 0.6) is 0 Å². The normalized spacial score (nSPS) is 10.8. The van der Waals surface area contributed by atoms with Crippen LogP contribution in [0.1, 0.15) is 15.9 Å². The smallest absolute Gasteiger partial charge is 0.335 e. The molecule has 1 heterocycles. The summed E-state index contributed by atoms with van der Waals surface area (Å²) in [5.74, 6) is -0.966. The standard InChI is InChI=1S/C14H11N3O2/c1-9-3-2-4-11(7-9)17-13-6-5-10(14(18)19)8-12(13)15-16-17/h2-8H,1H3,(H,18,19). The fraction of sp³-hybridized carbons (Fsp3) is 0.0714. The van der Waals surface area contributed by atoms with Gasteiger partial charge in [-0.1, -0.05) is 17.3 Å². The Balaban J connectivity index is 2.18. The molecule has 0 amide bonds. The molecule has 0 aliphatic carbocycles. The second kappa shape index (κ2) is 4.20. The Morgan fingerprint density at radius 1 is 1.21 bits per heavy atom. The van der Waals surface area contributed by atoms with Crippen LogP contribution in [-0.2, 0) is 0 Å². The molecule has 5 heteroatoms. The Morgan fingerprint density at radius 3 is 2.79 bits per heavy atom. The molecule has 2 aromatic carbocycles. The number of benzene rings is 2. The second-order valence-electron chi connectivity index (χ2n) is 4.35. The Kier molecular flexibility index (Phi) is 2.52. The van der Waals surface area contributed by atoms with Crippen molar-refractivity contribution >= 4 is 17.0 Å². The molecule has 0 atom stereocenters. The minimum atomic E-state index is -0.966. The summed E-state index contributed by atoms with van der Waals surface area (Å²) in [4.78, 5) is 10.9. The molecule has 0 saturated heterocycles. The first-order chi connectivity index (χ1) is 9.15. The number of carbonyl (C=O) groups is 1. The van der Waals surface area contributed by atoms with E-state index < -0.39 is 5.97 Å². The number of fused-ring (bicyclic) bond motifs is 1. The van der Waals surface area contributed by atoms with Crippen molar-refractivity contribution in [1.29, 1.82) is 0 Å². The second-order valence-corrected chi connectivity index (χ2v) is 4.35. The van der Waals surface area contributed by atoms with Gasteiger partial charge >= 0.3 is 5.97 Å². The Labute approximate surface area is 109 Å². The monoisotopic (exact) mass is 253 g/mol. The fourth-order valence-corrected chi connectivity index (χ4v) is 2.01. The van der Waals surface area contributed by atoms with Gasteiger partial charge in [0.25, 0.3) is 0 Å². The van der Waals surface area contributed by atoms with E-state index in [-0.39, 0.29) is 5.56 Å². The van der Waals surface area contributed by atoms with E-state index in [9.17, 15) is 4.79 Å². The Bertz CT molecular complexity index is 777. The maximum absolute atomic E-state index is 10.9. The van der Waals surface area contributed by atoms with Crippen molar-refractivity contribution in [2.45, 2.75) is 6.92 Å². The van der Waals surface area contributed by atoms with E-state index in [1.165, 1.54) is 6.07 Å². The molecule has 3 rings (SSSR count). The van der Waals surface area contributed by atoms with Gasteiger partial charge in [0, 0.05) is 0 Å². The van der Waals surface area contributed by atoms with E-state index in [1.807, 2.05) is 31.2 Å². The number of aromatic nitrogens is 3. The van der Waals surface area contributed by atoms with Gasteiger partial charge in [-0.25, -0.2) is 9.48 Å². The van der Waals surface area contributed by atoms with Crippen LogP contribution in [-0.4, -0.2) is 26.1 Å². The molecule has 1 N–H and O–H groups in total. The molecule has 94 valence electrons. The Hall–Kier alpha value is -2.69. The van der Waals surface area contributed by atoms with E-state index in [0.717, 1.165) is 16.8 Å². The van der Waals surface area contributed by atoms with Gasteiger partial charge in [-0.15, -0.1) is 5.10 Å². The summed E-state index contributed by atoms with van der Waals surface area (Å²) < 4.78 is 1.70. The zero-order chi connectivity index (χ0) is 13.4. The van der Waals surface area contributed by atoms with Gasteiger partial charge in [-0.2, -0.15) is 0 Å². The summed E-state index contributed by atoms with van der Waals surface area (Å²) in [6, 6.07) is 12.7. The van der Waals surface area contributed by atoms with Gasteiger partial charge in [0.2, 0.25) is 0 Å². The first-order valence-electron chi connectivity index (χ1n) is 5.81. The highest BCUT2D eigenvalue weighted by atomic mass is 16.4. The van der Waals surface area contributed by atoms with E-state index in [2.05, 4.69) is 10.3 Å². The molecule has 19 heavy (non-hydrogen) atoms. The van der Waals surface area contributed by atoms with E-state index in [1.54, 1.807) is 16.8 Å². The largest absolute Gasteiger partial charge is 0.478 e. The third-order valence-electron chi connectivity index (χ3n) is 2.94. The zero-order valence-electron chi connectivity index (χ0n) is 10.2. The molecule has 5 nitrogen and oxygen atoms in total. The number of carboxylic acid groups (broad SMARTS) is 1. The van der Waals surface area contributed by atoms with E-state index in [0.29, 0.717) is 5.52 Å². The maximum Gasteiger partial charge on any atom is 0.335 e. The molecule has 0 unspecified atom stereocenters. The highest BCUT2D eigenvalue weighted by Crippen LogP contribution is 2.18. The van der Waals surface area contributed by atoms with Crippen molar-refractivity contribution in [3.8, 4) is 5.69 Å². The van der Waals surface area contributed by atoms with Gasteiger partial charge in [-0.05, 0) is 42.8 Å². The summed E-state index contributed by atoms with van der Waals surface area (Å²) in [6.45, 7) is 2.01. The maximum atomic E-state index is 10.9. The van der Waals surface area contributed by atoms with Crippen LogP contribution < -0.4 is 0 Å². The number of aromatic carboxylic acids is 1. The van der Waals surface area contributed by atoms with Crippen molar-refractivity contribution in [3.63, 3.8) is 0 Å². The molecule has 0 fully saturated rings. The van der Waals surface area contributed by atoms with E-state index >= 15 is 0 Å². The first kappa shape index (κ1) is 11.4. The van der Waals surface area contributed by atoms with Crippen molar-refractivity contribution in [2.75, 3.05) is 0 Å². The molecule has 1 aromatic heterocycles. The van der Waals surface area contributed by atoms with Crippen LogP contribution in [0, 0.1) is 6.92 Å². The molecule has 0 radical (unpaired) electrons. The molecule has 0 saturated carbocycles. The van der Waals surface area contributed by atoms with Crippen molar-refractivity contribution in [3.05, 3.63) is 53.6 Å². The lowest BCUT2D eigenvalue weighted by atomic mass is 10.2. The number of aryl methyl sites for hydroxylation is 1. The number of hydrogen-bond donors (Lipinski definition) is 1. The van der Waals surface area contributed by atoms with Crippen LogP contribution in [0.25, 0.3) is 16.7 Å². The summed E-state index contributed by atoms with van der Waals surface area (Å²) in [5.41, 5.74) is 3.61. The SMILES string of the molecule is Cc1cccc(-n2nnc3cc(C(=O)O)ccc32)c1. The third-order valence-corrected chi connectivity index (χ3v) is 2.94. The minimum Gasteiger partial charge on any atom is -0.478 e. The van der Waals surface area contributed by atoms with Crippen LogP contribution in [0.4, 0.5) is 0 Å². The van der Waals surface area contributed by atoms with Crippen molar-refractivity contribution in [1.82, 2.24) is 15.0 Å². The topological polar surface area (TPSA) is 68.0 Å². The number of hydrogen-bond acceptors (Lipinski definition) is 3. The lowest BCUT2D eigenvalue weighted by molar-refractivity contribution is 0.0697. The van der Waals surface area contributed by atoms with Crippen LogP contribution in [0.15, 0.2) is 42.5 Å². The Morgan fingerprint density at radius 2 is 2.05 bits per heavy atom. The molecular formula is C14H11N3O2. The highest BCUT2D eigenvalue weighted by molar-refractivity contribution is 5.92. The minimum absolute atomic E-state index is 0.212. The van der Waals surface area contributed by atoms with Gasteiger partial charge in [-0.3, -0.25) is 0 Å². The van der Waals surface area contributed by atoms with Gasteiger partial charge < -0.3 is 5.11 Å². The predicted octanol–water partition coefficient (Wildman–Crippen LogP) is 2.43. The quantitative estimate of drug-likeness (QED) is 0.761. The lowest BCUT2D eigenvalue weighted by Gasteiger charge is -2.03. The van der Waals surface area contributed by atoms with E-state index in [4.69, 9.17) is 5.11 Å². The summed E-state index contributed by atoms with van der Waals surface area (Å²) >= 11 is 0. The molecular weight excluding hydrogens is 242 g/mol. The van der Waals surface area contributed by atoms with Crippen LogP contribution in [0.2, 0.25) is 0 Å². The fourth-order valence-electron chi connectivity index (χ4n) is 2.01. The highest BCUT2D eigenvalue weighted by Gasteiger charge is 2.10. The molecule has 0 bridgehead atoms. The van der Waals surface area contributed by atoms with Gasteiger partial charge in [0.15, 0.2) is 0 Å². The molecule has 0 aliphatic rings. The molecule has 3 aromatic rings. The third kappa shape index (κ3) is 1.95. The average Bonchev–Trinajstić information content (AvgIpc) is 2.81. The van der Waals surface area contributed by atoms with Crippen LogP contribution in [0.3, 0.4) is 0 Å².